The Kier molecular flexibility index (Phi) is 14.9. The van der Waals surface area contributed by atoms with Gasteiger partial charge < -0.3 is 4.90 Å². The van der Waals surface area contributed by atoms with Crippen LogP contribution in [0.2, 0.25) is 0 Å². The monoisotopic (exact) mass is 424 g/mol. The summed E-state index contributed by atoms with van der Waals surface area (Å²) in [5.41, 5.74) is 5.34. The van der Waals surface area contributed by atoms with Crippen molar-refractivity contribution in [1.82, 2.24) is 4.90 Å². The van der Waals surface area contributed by atoms with Gasteiger partial charge in [0.25, 0.3) is 0 Å². The summed E-state index contributed by atoms with van der Waals surface area (Å²) in [6.07, 6.45) is 9.65. The molecule has 1 aliphatic carbocycles. The predicted molar refractivity (Wildman–Crippen MR) is 113 cm³/mol. The molecule has 1 rings (SSSR count). The zero-order valence-electron chi connectivity index (χ0n) is 17.9. The van der Waals surface area contributed by atoms with Crippen molar-refractivity contribution >= 4 is 24.8 Å². The van der Waals surface area contributed by atoms with E-state index >= 15 is 0 Å². The molecular formula is C21H40Cl2NTi-. The molecule has 1 aliphatic rings. The summed E-state index contributed by atoms with van der Waals surface area (Å²) in [7, 11) is 4.39. The Bertz CT molecular complexity index is 447. The van der Waals surface area contributed by atoms with E-state index in [2.05, 4.69) is 73.5 Å². The van der Waals surface area contributed by atoms with Crippen LogP contribution in [0.5, 0.6) is 0 Å². The third kappa shape index (κ3) is 6.11. The van der Waals surface area contributed by atoms with Gasteiger partial charge in [0.2, 0.25) is 0 Å². The van der Waals surface area contributed by atoms with E-state index < -0.39 is 0 Å². The molecule has 0 fully saturated rings. The van der Waals surface area contributed by atoms with Crippen molar-refractivity contribution in [3.63, 3.8) is 0 Å². The first kappa shape index (κ1) is 30.5. The molecule has 0 aliphatic heterocycles. The molecule has 0 radical (unpaired) electrons. The number of rotatable bonds is 8. The largest absolute Gasteiger partial charge is 0.305 e. The van der Waals surface area contributed by atoms with Gasteiger partial charge in [0, 0.05) is 27.8 Å². The first-order chi connectivity index (χ1) is 10.2. The maximum atomic E-state index is 3.83. The van der Waals surface area contributed by atoms with Crippen LogP contribution in [-0.2, 0) is 21.7 Å². The van der Waals surface area contributed by atoms with Gasteiger partial charge in [-0.2, -0.15) is 5.57 Å². The molecule has 0 saturated carbocycles. The molecule has 0 amide bonds. The van der Waals surface area contributed by atoms with Crippen LogP contribution in [0.15, 0.2) is 16.7 Å². The molecule has 0 spiro atoms. The summed E-state index contributed by atoms with van der Waals surface area (Å²) < 4.78 is 0. The minimum Gasteiger partial charge on any atom is -0.305 e. The Morgan fingerprint density at radius 3 is 1.64 bits per heavy atom. The molecule has 25 heavy (non-hydrogen) atoms. The standard InChI is InChI=1S/C21H38N.2ClH.Ti/c1-10-20(6,11-2)18-15-14-17(16(5)22(8)9)19(18)21(7,12-3)13-4;;;/h16H,10-14H2,1-9H3;2*1H;/q-1;;;. The second kappa shape index (κ2) is 12.2. The summed E-state index contributed by atoms with van der Waals surface area (Å²) >= 11 is 0. The average molecular weight is 425 g/mol. The molecule has 0 aromatic rings. The van der Waals surface area contributed by atoms with Gasteiger partial charge >= 0.3 is 0 Å². The molecule has 0 saturated heterocycles. The number of nitrogens with zero attached hydrogens (tertiary/aromatic N) is 1. The smallest absolute Gasteiger partial charge is 0.0106 e. The van der Waals surface area contributed by atoms with Crippen molar-refractivity contribution in [2.24, 2.45) is 10.8 Å². The number of allylic oxidation sites excluding steroid dienone is 3. The van der Waals surface area contributed by atoms with Crippen molar-refractivity contribution in [2.75, 3.05) is 14.1 Å². The predicted octanol–water partition coefficient (Wildman–Crippen LogP) is 6.86. The third-order valence-corrected chi connectivity index (χ3v) is 6.63. The van der Waals surface area contributed by atoms with Crippen molar-refractivity contribution < 1.29 is 21.7 Å². The Labute approximate surface area is 185 Å². The van der Waals surface area contributed by atoms with Crippen LogP contribution in [0, 0.1) is 16.9 Å². The minimum absolute atomic E-state index is 0. The van der Waals surface area contributed by atoms with Crippen LogP contribution < -0.4 is 0 Å². The van der Waals surface area contributed by atoms with Crippen LogP contribution >= 0.6 is 24.8 Å². The zero-order valence-corrected chi connectivity index (χ0v) is 21.1. The Morgan fingerprint density at radius 1 is 0.920 bits per heavy atom. The zero-order chi connectivity index (χ0) is 17.1. The van der Waals surface area contributed by atoms with Gasteiger partial charge in [0.1, 0.15) is 0 Å². The van der Waals surface area contributed by atoms with Gasteiger partial charge in [-0.25, -0.2) is 5.57 Å². The second-order valence-electron chi connectivity index (χ2n) is 7.80. The quantitative estimate of drug-likeness (QED) is 0.303. The van der Waals surface area contributed by atoms with E-state index in [1.165, 1.54) is 31.3 Å². The minimum atomic E-state index is 0. The number of likely N-dealkylation sites (N-methyl/N-ethyl adjacent to an activating group) is 1. The van der Waals surface area contributed by atoms with Crippen LogP contribution in [-0.4, -0.2) is 25.0 Å². The van der Waals surface area contributed by atoms with Gasteiger partial charge in [-0.05, 0) is 39.3 Å². The van der Waals surface area contributed by atoms with E-state index in [4.69, 9.17) is 0 Å². The first-order valence-corrected chi connectivity index (χ1v) is 9.22. The molecule has 0 bridgehead atoms. The summed E-state index contributed by atoms with van der Waals surface area (Å²) in [5, 5.41) is 0. The third-order valence-electron chi connectivity index (χ3n) is 6.63. The van der Waals surface area contributed by atoms with Crippen molar-refractivity contribution in [3.8, 4) is 0 Å². The van der Waals surface area contributed by atoms with E-state index in [0.717, 1.165) is 6.42 Å². The van der Waals surface area contributed by atoms with Gasteiger partial charge in [0.15, 0.2) is 0 Å². The molecule has 0 aromatic carbocycles. The maximum Gasteiger partial charge on any atom is 0.0106 e. The topological polar surface area (TPSA) is 3.24 Å². The first-order valence-electron chi connectivity index (χ1n) is 9.22. The molecule has 0 N–H and O–H groups in total. The molecule has 148 valence electrons. The number of hydrogen-bond acceptors (Lipinski definition) is 1. The van der Waals surface area contributed by atoms with Crippen LogP contribution in [0.25, 0.3) is 0 Å². The summed E-state index contributed by atoms with van der Waals surface area (Å²) in [6.45, 7) is 16.6. The molecule has 4 heteroatoms. The summed E-state index contributed by atoms with van der Waals surface area (Å²) in [4.78, 5) is 2.35. The van der Waals surface area contributed by atoms with E-state index in [9.17, 15) is 0 Å². The fraction of sp³-hybridized carbons (Fsp3) is 0.810. The summed E-state index contributed by atoms with van der Waals surface area (Å²) in [5.74, 6) is 0. The number of halogens is 2. The molecule has 1 atom stereocenters. The van der Waals surface area contributed by atoms with Crippen molar-refractivity contribution in [3.05, 3.63) is 22.8 Å². The molecule has 1 nitrogen and oxygen atoms in total. The van der Waals surface area contributed by atoms with Gasteiger partial charge in [-0.3, -0.25) is 6.08 Å². The number of hydrogen-bond donors (Lipinski definition) is 0. The van der Waals surface area contributed by atoms with E-state index in [-0.39, 0.29) is 57.4 Å². The second-order valence-corrected chi connectivity index (χ2v) is 7.80. The fourth-order valence-corrected chi connectivity index (χ4v) is 3.60. The average Bonchev–Trinajstić information content (AvgIpc) is 2.98. The van der Waals surface area contributed by atoms with E-state index in [0.29, 0.717) is 6.04 Å². The van der Waals surface area contributed by atoms with Crippen molar-refractivity contribution in [1.29, 1.82) is 0 Å². The SMILES string of the molecule is CCC(C)(CC)C1=[C-]CC(C(C)N(C)C)=C1C(C)(CC)CC.Cl.Cl.[Ti]. The fourth-order valence-electron chi connectivity index (χ4n) is 3.60. The molecular weight excluding hydrogens is 385 g/mol. The van der Waals surface area contributed by atoms with Gasteiger partial charge in [0.05, 0.1) is 0 Å². The maximum absolute atomic E-state index is 3.83. The molecule has 0 aromatic heterocycles. The van der Waals surface area contributed by atoms with Crippen LogP contribution in [0.3, 0.4) is 0 Å². The van der Waals surface area contributed by atoms with Crippen LogP contribution in [0.4, 0.5) is 0 Å². The summed E-state index contributed by atoms with van der Waals surface area (Å²) in [6, 6.07) is 0.496. The Balaban J connectivity index is -0.00000161. The molecule has 0 heterocycles. The van der Waals surface area contributed by atoms with Gasteiger partial charge in [-0.1, -0.05) is 59.8 Å². The van der Waals surface area contributed by atoms with Gasteiger partial charge in [-0.15, -0.1) is 36.8 Å². The van der Waals surface area contributed by atoms with E-state index in [1.54, 1.807) is 11.1 Å². The Hall–Kier alpha value is 0.734. The van der Waals surface area contributed by atoms with Crippen LogP contribution in [0.1, 0.15) is 80.6 Å². The normalized spacial score (nSPS) is 16.0. The van der Waals surface area contributed by atoms with Crippen molar-refractivity contribution in [2.45, 2.75) is 86.6 Å². The Morgan fingerprint density at radius 2 is 1.32 bits per heavy atom. The molecule has 1 unspecified atom stereocenters. The van der Waals surface area contributed by atoms with E-state index in [1.807, 2.05) is 0 Å².